The molecule has 0 saturated carbocycles. The first-order chi connectivity index (χ1) is 18.9. The predicted molar refractivity (Wildman–Crippen MR) is 157 cm³/mol. The number of hydrogen-bond acceptors (Lipinski definition) is 6. The van der Waals surface area contributed by atoms with Crippen molar-refractivity contribution in [1.29, 1.82) is 0 Å². The molecule has 0 bridgehead atoms. The smallest absolute Gasteiger partial charge is 0.253 e. The third kappa shape index (κ3) is 6.23. The molecule has 2 saturated heterocycles. The Labute approximate surface area is 235 Å². The number of carbonyl (C=O) groups excluding carboxylic acids is 1. The van der Waals surface area contributed by atoms with Crippen LogP contribution in [0.3, 0.4) is 0 Å². The van der Waals surface area contributed by atoms with Crippen LogP contribution in [0.4, 0.5) is 11.5 Å². The van der Waals surface area contributed by atoms with Gasteiger partial charge in [0, 0.05) is 55.4 Å². The van der Waals surface area contributed by atoms with E-state index in [1.54, 1.807) is 18.3 Å². The highest BCUT2D eigenvalue weighted by molar-refractivity contribution is 6.30. The number of para-hydroxylation sites is 1. The van der Waals surface area contributed by atoms with Gasteiger partial charge in [0.05, 0.1) is 17.6 Å². The van der Waals surface area contributed by atoms with Crippen LogP contribution in [0.5, 0.6) is 0 Å². The molecule has 0 aliphatic carbocycles. The van der Waals surface area contributed by atoms with Crippen molar-refractivity contribution in [3.63, 3.8) is 0 Å². The highest BCUT2D eigenvalue weighted by Gasteiger charge is 2.34. The highest BCUT2D eigenvalue weighted by Crippen LogP contribution is 2.27. The number of benzene rings is 2. The molecule has 8 nitrogen and oxygen atoms in total. The van der Waals surface area contributed by atoms with Crippen molar-refractivity contribution in [2.24, 2.45) is 10.7 Å². The maximum absolute atomic E-state index is 12.9. The summed E-state index contributed by atoms with van der Waals surface area (Å²) in [6, 6.07) is 17.7. The van der Waals surface area contributed by atoms with Gasteiger partial charge in [0.25, 0.3) is 5.91 Å². The lowest BCUT2D eigenvalue weighted by molar-refractivity contribution is 0.0490. The number of likely N-dealkylation sites (tertiary alicyclic amines) is 1. The molecule has 3 aromatic rings. The number of piperazine rings is 1. The molecule has 39 heavy (non-hydrogen) atoms. The Morgan fingerprint density at radius 3 is 2.44 bits per heavy atom. The van der Waals surface area contributed by atoms with E-state index in [0.717, 1.165) is 69.2 Å². The molecule has 2 aliphatic heterocycles. The first kappa shape index (κ1) is 27.1. The Hall–Kier alpha value is -3.49. The quantitative estimate of drug-likeness (QED) is 0.357. The first-order valence-electron chi connectivity index (χ1n) is 13.7. The van der Waals surface area contributed by atoms with Gasteiger partial charge in [-0.15, -0.1) is 0 Å². The number of anilines is 1. The van der Waals surface area contributed by atoms with Crippen LogP contribution in [-0.2, 0) is 0 Å². The Bertz CT molecular complexity index is 1310. The number of halogens is 1. The van der Waals surface area contributed by atoms with Crippen molar-refractivity contribution in [1.82, 2.24) is 19.8 Å². The summed E-state index contributed by atoms with van der Waals surface area (Å²) in [7, 11) is 0. The summed E-state index contributed by atoms with van der Waals surface area (Å²) < 4.78 is 0. The molecule has 0 unspecified atom stereocenters. The van der Waals surface area contributed by atoms with Gasteiger partial charge in [-0.2, -0.15) is 0 Å². The van der Waals surface area contributed by atoms with Gasteiger partial charge in [0.2, 0.25) is 0 Å². The zero-order chi connectivity index (χ0) is 27.4. The SMILES string of the molecule is CC[C@H]1CN(c2ncc(C(N)=Nc3ccccc3)nc2C)CCN1C1CCN(C(=O)c2ccc(Cl)cc2)CC1. The van der Waals surface area contributed by atoms with E-state index in [1.807, 2.05) is 54.3 Å². The zero-order valence-electron chi connectivity index (χ0n) is 22.6. The molecule has 0 radical (unpaired) electrons. The number of aryl methyl sites for hydroxylation is 1. The Balaban J connectivity index is 1.20. The molecule has 2 aromatic carbocycles. The fraction of sp³-hybridized carbons (Fsp3) is 0.400. The van der Waals surface area contributed by atoms with E-state index >= 15 is 0 Å². The summed E-state index contributed by atoms with van der Waals surface area (Å²) in [5.41, 5.74) is 9.17. The average Bonchev–Trinajstić information content (AvgIpc) is 2.97. The van der Waals surface area contributed by atoms with E-state index in [0.29, 0.717) is 34.2 Å². The maximum Gasteiger partial charge on any atom is 0.253 e. The normalized spacial score (nSPS) is 19.4. The molecule has 0 spiro atoms. The van der Waals surface area contributed by atoms with Gasteiger partial charge in [0.1, 0.15) is 11.5 Å². The molecular formula is C30H36ClN7O. The van der Waals surface area contributed by atoms with Crippen molar-refractivity contribution < 1.29 is 4.79 Å². The Kier molecular flexibility index (Phi) is 8.43. The minimum atomic E-state index is 0.0916. The van der Waals surface area contributed by atoms with E-state index in [1.165, 1.54) is 0 Å². The number of piperidine rings is 1. The number of aliphatic imine (C=N–C) groups is 1. The highest BCUT2D eigenvalue weighted by atomic mass is 35.5. The molecule has 1 amide bonds. The standard InChI is InChI=1S/C30H36ClN7O/c1-3-25-20-37(29-21(2)34-27(19-33-29)28(32)35-24-7-5-4-6-8-24)17-18-38(25)26-13-15-36(16-14-26)30(39)22-9-11-23(31)12-10-22/h4-12,19,25-26H,3,13-18,20H2,1-2H3,(H2,32,35)/t25-/m0/s1. The second-order valence-corrected chi connectivity index (χ2v) is 10.7. The summed E-state index contributed by atoms with van der Waals surface area (Å²) in [6.07, 6.45) is 4.76. The summed E-state index contributed by atoms with van der Waals surface area (Å²) in [5.74, 6) is 1.36. The number of aromatic nitrogens is 2. The van der Waals surface area contributed by atoms with Crippen LogP contribution < -0.4 is 10.6 Å². The van der Waals surface area contributed by atoms with Gasteiger partial charge < -0.3 is 15.5 Å². The molecule has 1 atom stereocenters. The molecule has 2 N–H and O–H groups in total. The number of nitrogens with zero attached hydrogens (tertiary/aromatic N) is 6. The van der Waals surface area contributed by atoms with E-state index in [2.05, 4.69) is 21.7 Å². The van der Waals surface area contributed by atoms with Crippen molar-refractivity contribution in [2.45, 2.75) is 45.2 Å². The second kappa shape index (κ2) is 12.1. The number of rotatable bonds is 6. The molecule has 3 heterocycles. The Morgan fingerprint density at radius 1 is 1.05 bits per heavy atom. The number of carbonyl (C=O) groups is 1. The zero-order valence-corrected chi connectivity index (χ0v) is 23.4. The van der Waals surface area contributed by atoms with Gasteiger partial charge >= 0.3 is 0 Å². The van der Waals surface area contributed by atoms with Crippen LogP contribution in [0.15, 0.2) is 65.8 Å². The van der Waals surface area contributed by atoms with Gasteiger partial charge in [-0.3, -0.25) is 9.69 Å². The topological polar surface area (TPSA) is 90.9 Å². The lowest BCUT2D eigenvalue weighted by atomic mass is 9.97. The summed E-state index contributed by atoms with van der Waals surface area (Å²) >= 11 is 5.99. The lowest BCUT2D eigenvalue weighted by Gasteiger charge is -2.47. The van der Waals surface area contributed by atoms with Gasteiger partial charge in [-0.05, 0) is 62.6 Å². The minimum Gasteiger partial charge on any atom is -0.382 e. The molecule has 5 rings (SSSR count). The van der Waals surface area contributed by atoms with E-state index < -0.39 is 0 Å². The summed E-state index contributed by atoms with van der Waals surface area (Å²) in [6.45, 7) is 8.56. The Morgan fingerprint density at radius 2 is 1.77 bits per heavy atom. The predicted octanol–water partition coefficient (Wildman–Crippen LogP) is 4.68. The number of hydrogen-bond donors (Lipinski definition) is 1. The second-order valence-electron chi connectivity index (χ2n) is 10.3. The van der Waals surface area contributed by atoms with E-state index in [4.69, 9.17) is 27.3 Å². The third-order valence-electron chi connectivity index (χ3n) is 7.80. The van der Waals surface area contributed by atoms with Crippen LogP contribution in [0, 0.1) is 6.92 Å². The maximum atomic E-state index is 12.9. The van der Waals surface area contributed by atoms with Crippen LogP contribution >= 0.6 is 11.6 Å². The molecule has 2 fully saturated rings. The van der Waals surface area contributed by atoms with Crippen LogP contribution in [0.1, 0.15) is 47.9 Å². The van der Waals surface area contributed by atoms with Crippen LogP contribution in [-0.4, -0.2) is 76.3 Å². The van der Waals surface area contributed by atoms with E-state index in [9.17, 15) is 4.79 Å². The fourth-order valence-electron chi connectivity index (χ4n) is 5.69. The molecule has 9 heteroatoms. The number of nitrogens with two attached hydrogens (primary N) is 1. The van der Waals surface area contributed by atoms with Crippen LogP contribution in [0.2, 0.25) is 5.02 Å². The fourth-order valence-corrected chi connectivity index (χ4v) is 5.82. The van der Waals surface area contributed by atoms with Crippen molar-refractivity contribution in [3.8, 4) is 0 Å². The average molecular weight is 546 g/mol. The molecule has 2 aliphatic rings. The van der Waals surface area contributed by atoms with E-state index in [-0.39, 0.29) is 5.91 Å². The van der Waals surface area contributed by atoms with Crippen molar-refractivity contribution in [3.05, 3.63) is 82.8 Å². The van der Waals surface area contributed by atoms with Crippen molar-refractivity contribution in [2.75, 3.05) is 37.6 Å². The van der Waals surface area contributed by atoms with Crippen molar-refractivity contribution >= 4 is 34.8 Å². The van der Waals surface area contributed by atoms with Crippen LogP contribution in [0.25, 0.3) is 0 Å². The summed E-state index contributed by atoms with van der Waals surface area (Å²) in [5, 5.41) is 0.646. The lowest BCUT2D eigenvalue weighted by Crippen LogP contribution is -2.59. The summed E-state index contributed by atoms with van der Waals surface area (Å²) in [4.78, 5) is 33.9. The third-order valence-corrected chi connectivity index (χ3v) is 8.05. The van der Waals surface area contributed by atoms with Gasteiger partial charge in [-0.1, -0.05) is 36.7 Å². The molecular weight excluding hydrogens is 510 g/mol. The van der Waals surface area contributed by atoms with Gasteiger partial charge in [-0.25, -0.2) is 15.0 Å². The monoisotopic (exact) mass is 545 g/mol. The minimum absolute atomic E-state index is 0.0916. The molecule has 204 valence electrons. The number of amidine groups is 1. The largest absolute Gasteiger partial charge is 0.382 e. The van der Waals surface area contributed by atoms with Gasteiger partial charge in [0.15, 0.2) is 5.84 Å². The number of amides is 1. The molecule has 1 aromatic heterocycles. The first-order valence-corrected chi connectivity index (χ1v) is 14.1.